The standard InChI is InChI=1S/C10H15N/c1-10(2)6-3-9(4-7-10)5-8-11/h5H,3-4,6-7H2,1-2H3. The van der Waals surface area contributed by atoms with Crippen LogP contribution in [0.25, 0.3) is 0 Å². The van der Waals surface area contributed by atoms with Crippen molar-refractivity contribution in [3.05, 3.63) is 11.6 Å². The van der Waals surface area contributed by atoms with E-state index in [0.717, 1.165) is 12.8 Å². The molecule has 1 aliphatic carbocycles. The largest absolute Gasteiger partial charge is 0.193 e. The number of allylic oxidation sites excluding steroid dienone is 2. The summed E-state index contributed by atoms with van der Waals surface area (Å²) in [5, 5.41) is 8.42. The van der Waals surface area contributed by atoms with E-state index >= 15 is 0 Å². The first-order valence-electron chi connectivity index (χ1n) is 4.22. The van der Waals surface area contributed by atoms with E-state index in [1.165, 1.54) is 18.4 Å². The summed E-state index contributed by atoms with van der Waals surface area (Å²) >= 11 is 0. The molecule has 0 unspecified atom stereocenters. The van der Waals surface area contributed by atoms with Crippen LogP contribution in [0.2, 0.25) is 0 Å². The molecule has 1 aliphatic rings. The normalized spacial score (nSPS) is 22.5. The fourth-order valence-corrected chi connectivity index (χ4v) is 1.48. The van der Waals surface area contributed by atoms with E-state index in [0.29, 0.717) is 5.41 Å². The van der Waals surface area contributed by atoms with Gasteiger partial charge in [-0.2, -0.15) is 5.26 Å². The van der Waals surface area contributed by atoms with E-state index in [1.807, 2.05) is 0 Å². The molecular weight excluding hydrogens is 134 g/mol. The third-order valence-corrected chi connectivity index (χ3v) is 2.51. The van der Waals surface area contributed by atoms with Gasteiger partial charge in [0, 0.05) is 6.08 Å². The van der Waals surface area contributed by atoms with Crippen LogP contribution in [0.5, 0.6) is 0 Å². The lowest BCUT2D eigenvalue weighted by atomic mass is 9.75. The van der Waals surface area contributed by atoms with Crippen LogP contribution in [-0.4, -0.2) is 0 Å². The average molecular weight is 149 g/mol. The number of rotatable bonds is 0. The molecule has 0 spiro atoms. The molecule has 0 bridgehead atoms. The predicted octanol–water partition coefficient (Wildman–Crippen LogP) is 3.04. The number of nitrogens with zero attached hydrogens (tertiary/aromatic N) is 1. The van der Waals surface area contributed by atoms with E-state index in [4.69, 9.17) is 5.26 Å². The van der Waals surface area contributed by atoms with Crippen molar-refractivity contribution in [3.8, 4) is 6.07 Å². The van der Waals surface area contributed by atoms with Crippen molar-refractivity contribution in [1.82, 2.24) is 0 Å². The number of hydrogen-bond donors (Lipinski definition) is 0. The van der Waals surface area contributed by atoms with Crippen molar-refractivity contribution in [2.45, 2.75) is 39.5 Å². The molecule has 0 heterocycles. The third kappa shape index (κ3) is 2.38. The molecule has 0 aromatic rings. The summed E-state index contributed by atoms with van der Waals surface area (Å²) in [6.07, 6.45) is 6.44. The van der Waals surface area contributed by atoms with Crippen LogP contribution >= 0.6 is 0 Å². The van der Waals surface area contributed by atoms with E-state index < -0.39 is 0 Å². The molecule has 60 valence electrons. The molecule has 0 aromatic heterocycles. The Bertz CT molecular complexity index is 193. The Balaban J connectivity index is 2.50. The lowest BCUT2D eigenvalue weighted by molar-refractivity contribution is 0.278. The predicted molar refractivity (Wildman–Crippen MR) is 45.9 cm³/mol. The quantitative estimate of drug-likeness (QED) is 0.486. The molecule has 1 saturated carbocycles. The highest BCUT2D eigenvalue weighted by molar-refractivity contribution is 5.15. The lowest BCUT2D eigenvalue weighted by Gasteiger charge is -2.30. The molecule has 0 atom stereocenters. The van der Waals surface area contributed by atoms with Gasteiger partial charge in [0.05, 0.1) is 6.07 Å². The maximum atomic E-state index is 8.42. The minimum atomic E-state index is 0.507. The van der Waals surface area contributed by atoms with Gasteiger partial charge in [0.2, 0.25) is 0 Å². The van der Waals surface area contributed by atoms with Crippen LogP contribution < -0.4 is 0 Å². The van der Waals surface area contributed by atoms with Crippen LogP contribution in [0.4, 0.5) is 0 Å². The zero-order valence-electron chi connectivity index (χ0n) is 7.35. The molecule has 0 N–H and O–H groups in total. The van der Waals surface area contributed by atoms with Gasteiger partial charge in [0.15, 0.2) is 0 Å². The maximum Gasteiger partial charge on any atom is 0.0911 e. The van der Waals surface area contributed by atoms with Crippen LogP contribution in [0, 0.1) is 16.7 Å². The highest BCUT2D eigenvalue weighted by atomic mass is 14.3. The van der Waals surface area contributed by atoms with Crippen molar-refractivity contribution >= 4 is 0 Å². The van der Waals surface area contributed by atoms with Gasteiger partial charge in [-0.15, -0.1) is 0 Å². The Morgan fingerprint density at radius 2 is 1.91 bits per heavy atom. The first-order chi connectivity index (χ1) is 5.14. The van der Waals surface area contributed by atoms with Gasteiger partial charge in [-0.25, -0.2) is 0 Å². The van der Waals surface area contributed by atoms with Crippen molar-refractivity contribution in [2.24, 2.45) is 5.41 Å². The molecular formula is C10H15N. The summed E-state index contributed by atoms with van der Waals surface area (Å²) in [6, 6.07) is 2.10. The van der Waals surface area contributed by atoms with Gasteiger partial charge in [0.25, 0.3) is 0 Å². The van der Waals surface area contributed by atoms with Gasteiger partial charge < -0.3 is 0 Å². The molecule has 1 rings (SSSR count). The van der Waals surface area contributed by atoms with Crippen LogP contribution in [0.1, 0.15) is 39.5 Å². The SMILES string of the molecule is CC1(C)CCC(=CC#N)CC1. The fourth-order valence-electron chi connectivity index (χ4n) is 1.48. The van der Waals surface area contributed by atoms with E-state index in [1.54, 1.807) is 6.08 Å². The summed E-state index contributed by atoms with van der Waals surface area (Å²) in [6.45, 7) is 4.60. The second-order valence-electron chi connectivity index (χ2n) is 4.10. The molecule has 0 radical (unpaired) electrons. The van der Waals surface area contributed by atoms with E-state index in [-0.39, 0.29) is 0 Å². The van der Waals surface area contributed by atoms with Gasteiger partial charge in [-0.3, -0.25) is 0 Å². The topological polar surface area (TPSA) is 23.8 Å². The second kappa shape index (κ2) is 3.09. The molecule has 0 aliphatic heterocycles. The Labute approximate surface area is 68.7 Å². The fraction of sp³-hybridized carbons (Fsp3) is 0.700. The average Bonchev–Trinajstić information content (AvgIpc) is 1.94. The molecule has 1 fully saturated rings. The molecule has 0 aromatic carbocycles. The smallest absolute Gasteiger partial charge is 0.0911 e. The van der Waals surface area contributed by atoms with Gasteiger partial charge >= 0.3 is 0 Å². The minimum Gasteiger partial charge on any atom is -0.193 e. The van der Waals surface area contributed by atoms with Crippen molar-refractivity contribution < 1.29 is 0 Å². The highest BCUT2D eigenvalue weighted by Gasteiger charge is 2.22. The molecule has 11 heavy (non-hydrogen) atoms. The minimum absolute atomic E-state index is 0.507. The first-order valence-corrected chi connectivity index (χ1v) is 4.22. The van der Waals surface area contributed by atoms with Crippen LogP contribution in [-0.2, 0) is 0 Å². The van der Waals surface area contributed by atoms with E-state index in [2.05, 4.69) is 19.9 Å². The number of nitriles is 1. The number of hydrogen-bond acceptors (Lipinski definition) is 1. The molecule has 1 nitrogen and oxygen atoms in total. The van der Waals surface area contributed by atoms with Gasteiger partial charge in [-0.1, -0.05) is 19.4 Å². The Hall–Kier alpha value is -0.770. The zero-order chi connectivity index (χ0) is 8.32. The third-order valence-electron chi connectivity index (χ3n) is 2.51. The Morgan fingerprint density at radius 1 is 1.36 bits per heavy atom. The molecule has 0 amide bonds. The second-order valence-corrected chi connectivity index (χ2v) is 4.10. The zero-order valence-corrected chi connectivity index (χ0v) is 7.35. The first kappa shape index (κ1) is 8.33. The Kier molecular flexibility index (Phi) is 2.34. The van der Waals surface area contributed by atoms with Crippen molar-refractivity contribution in [1.29, 1.82) is 5.26 Å². The summed E-state index contributed by atoms with van der Waals surface area (Å²) in [7, 11) is 0. The Morgan fingerprint density at radius 3 is 2.36 bits per heavy atom. The van der Waals surface area contributed by atoms with E-state index in [9.17, 15) is 0 Å². The summed E-state index contributed by atoms with van der Waals surface area (Å²) in [4.78, 5) is 0. The van der Waals surface area contributed by atoms with Crippen molar-refractivity contribution in [3.63, 3.8) is 0 Å². The van der Waals surface area contributed by atoms with Gasteiger partial charge in [0.1, 0.15) is 0 Å². The van der Waals surface area contributed by atoms with Crippen LogP contribution in [0.15, 0.2) is 11.6 Å². The summed E-state index contributed by atoms with van der Waals surface area (Å²) < 4.78 is 0. The monoisotopic (exact) mass is 149 g/mol. The van der Waals surface area contributed by atoms with Crippen LogP contribution in [0.3, 0.4) is 0 Å². The maximum absolute atomic E-state index is 8.42. The molecule has 1 heteroatoms. The summed E-state index contributed by atoms with van der Waals surface area (Å²) in [5.41, 5.74) is 1.85. The highest BCUT2D eigenvalue weighted by Crippen LogP contribution is 2.37. The molecule has 0 saturated heterocycles. The summed E-state index contributed by atoms with van der Waals surface area (Å²) in [5.74, 6) is 0. The van der Waals surface area contributed by atoms with Crippen molar-refractivity contribution in [2.75, 3.05) is 0 Å². The van der Waals surface area contributed by atoms with Gasteiger partial charge in [-0.05, 0) is 31.1 Å². The lowest BCUT2D eigenvalue weighted by Crippen LogP contribution is -2.16.